The normalized spacial score (nSPS) is 12.7. The fourth-order valence-electron chi connectivity index (χ4n) is 10.2. The van der Waals surface area contributed by atoms with Crippen molar-refractivity contribution in [2.24, 2.45) is 0 Å². The number of aromatic nitrogens is 2. The molecule has 0 unspecified atom stereocenters. The van der Waals surface area contributed by atoms with Crippen LogP contribution in [-0.4, -0.2) is 9.97 Å². The van der Waals surface area contributed by atoms with Crippen LogP contribution in [0.2, 0.25) is 0 Å². The Labute approximate surface area is 367 Å². The molecule has 0 saturated carbocycles. The molecule has 0 N–H and O–H groups in total. The fourth-order valence-corrected chi connectivity index (χ4v) is 10.2. The maximum absolute atomic E-state index is 5.28. The highest BCUT2D eigenvalue weighted by atomic mass is 14.9. The molecule has 0 bridgehead atoms. The SMILES string of the molecule is CC1(C)c2cc(-c3ccc(-c4ccc(-c5cc(-c6cccc(-c7ccccc7)c6)nc(-c6ccccc6)n5)c5ccccc45)c4ccccc34)ccc2-c2c1ccc1ccccc21. The van der Waals surface area contributed by atoms with Crippen molar-refractivity contribution >= 4 is 32.3 Å². The number of rotatable bonds is 6. The van der Waals surface area contributed by atoms with Gasteiger partial charge in [0.2, 0.25) is 0 Å². The van der Waals surface area contributed by atoms with Gasteiger partial charge in [0.15, 0.2) is 5.82 Å². The van der Waals surface area contributed by atoms with Gasteiger partial charge < -0.3 is 0 Å². The number of hydrogen-bond acceptors (Lipinski definition) is 2. The van der Waals surface area contributed by atoms with Crippen molar-refractivity contribution < 1.29 is 0 Å². The van der Waals surface area contributed by atoms with Gasteiger partial charge in [0.05, 0.1) is 11.4 Å². The number of fused-ring (bicyclic) bond motifs is 7. The zero-order valence-electron chi connectivity index (χ0n) is 35.2. The molecule has 2 heteroatoms. The summed E-state index contributed by atoms with van der Waals surface area (Å²) in [5, 5.41) is 7.42. The van der Waals surface area contributed by atoms with Gasteiger partial charge in [-0.1, -0.05) is 214 Å². The van der Waals surface area contributed by atoms with Crippen molar-refractivity contribution in [1.29, 1.82) is 0 Å². The zero-order chi connectivity index (χ0) is 42.1. The monoisotopic (exact) mass is 802 g/mol. The van der Waals surface area contributed by atoms with Gasteiger partial charge in [0, 0.05) is 22.1 Å². The van der Waals surface area contributed by atoms with E-state index in [1.807, 2.05) is 18.2 Å². The van der Waals surface area contributed by atoms with Crippen LogP contribution in [0.4, 0.5) is 0 Å². The van der Waals surface area contributed by atoms with Gasteiger partial charge in [0.25, 0.3) is 0 Å². The molecule has 0 amide bonds. The number of benzene rings is 10. The summed E-state index contributed by atoms with van der Waals surface area (Å²) in [6, 6.07) is 79.1. The molecule has 1 heterocycles. The minimum Gasteiger partial charge on any atom is -0.228 e. The summed E-state index contributed by atoms with van der Waals surface area (Å²) in [7, 11) is 0. The lowest BCUT2D eigenvalue weighted by atomic mass is 9.81. The highest BCUT2D eigenvalue weighted by Gasteiger charge is 2.36. The molecule has 11 aromatic rings. The van der Waals surface area contributed by atoms with Crippen LogP contribution in [0.3, 0.4) is 0 Å². The molecule has 0 spiro atoms. The Bertz CT molecular complexity index is 3580. The molecular weight excluding hydrogens is 761 g/mol. The van der Waals surface area contributed by atoms with Crippen molar-refractivity contribution in [3.8, 4) is 78.4 Å². The van der Waals surface area contributed by atoms with E-state index in [4.69, 9.17) is 9.97 Å². The van der Waals surface area contributed by atoms with E-state index in [1.54, 1.807) is 0 Å². The Morgan fingerprint density at radius 1 is 0.302 bits per heavy atom. The third-order valence-corrected chi connectivity index (χ3v) is 13.3. The van der Waals surface area contributed by atoms with E-state index in [0.29, 0.717) is 5.82 Å². The Balaban J connectivity index is 0.985. The Morgan fingerprint density at radius 2 is 0.825 bits per heavy atom. The van der Waals surface area contributed by atoms with Crippen molar-refractivity contribution in [2.75, 3.05) is 0 Å². The zero-order valence-corrected chi connectivity index (χ0v) is 35.2. The van der Waals surface area contributed by atoms with Gasteiger partial charge in [-0.3, -0.25) is 0 Å². The fraction of sp³-hybridized carbons (Fsp3) is 0.0492. The molecule has 0 radical (unpaired) electrons. The topological polar surface area (TPSA) is 25.8 Å². The van der Waals surface area contributed by atoms with Crippen molar-refractivity contribution in [1.82, 2.24) is 9.97 Å². The second-order valence-electron chi connectivity index (χ2n) is 17.3. The minimum absolute atomic E-state index is 0.111. The molecule has 0 aliphatic heterocycles. The first-order valence-electron chi connectivity index (χ1n) is 21.8. The van der Waals surface area contributed by atoms with Crippen molar-refractivity contribution in [2.45, 2.75) is 19.3 Å². The van der Waals surface area contributed by atoms with E-state index in [0.717, 1.165) is 39.0 Å². The summed E-state index contributed by atoms with van der Waals surface area (Å²) in [5.74, 6) is 0.704. The molecule has 2 nitrogen and oxygen atoms in total. The summed E-state index contributed by atoms with van der Waals surface area (Å²) in [5.41, 5.74) is 17.5. The number of hydrogen-bond donors (Lipinski definition) is 0. The van der Waals surface area contributed by atoms with Gasteiger partial charge in [-0.05, 0) is 106 Å². The molecular formula is C61H42N2. The molecule has 1 aliphatic rings. The van der Waals surface area contributed by atoms with Gasteiger partial charge in [-0.2, -0.15) is 0 Å². The van der Waals surface area contributed by atoms with Crippen LogP contribution >= 0.6 is 0 Å². The first-order chi connectivity index (χ1) is 31.0. The van der Waals surface area contributed by atoms with E-state index < -0.39 is 0 Å². The Hall–Kier alpha value is -7.94. The average molecular weight is 803 g/mol. The third-order valence-electron chi connectivity index (χ3n) is 13.3. The predicted molar refractivity (Wildman–Crippen MR) is 265 cm³/mol. The Kier molecular flexibility index (Phi) is 8.55. The highest BCUT2D eigenvalue weighted by molar-refractivity contribution is 6.12. The van der Waals surface area contributed by atoms with Crippen LogP contribution in [0.5, 0.6) is 0 Å². The maximum atomic E-state index is 5.28. The second kappa shape index (κ2) is 14.6. The first kappa shape index (κ1) is 36.9. The smallest absolute Gasteiger partial charge is 0.160 e. The van der Waals surface area contributed by atoms with Crippen LogP contribution < -0.4 is 0 Å². The van der Waals surface area contributed by atoms with Gasteiger partial charge in [0.1, 0.15) is 0 Å². The molecule has 1 aromatic heterocycles. The number of nitrogens with zero attached hydrogens (tertiary/aromatic N) is 2. The largest absolute Gasteiger partial charge is 0.228 e. The van der Waals surface area contributed by atoms with E-state index in [1.165, 1.54) is 77.0 Å². The minimum atomic E-state index is -0.111. The highest BCUT2D eigenvalue weighted by Crippen LogP contribution is 2.52. The van der Waals surface area contributed by atoms with E-state index in [-0.39, 0.29) is 5.41 Å². The molecule has 0 saturated heterocycles. The van der Waals surface area contributed by atoms with Crippen molar-refractivity contribution in [3.05, 3.63) is 230 Å². The molecule has 63 heavy (non-hydrogen) atoms. The quantitative estimate of drug-likeness (QED) is 0.167. The summed E-state index contributed by atoms with van der Waals surface area (Å²) in [4.78, 5) is 10.5. The van der Waals surface area contributed by atoms with E-state index in [2.05, 4.69) is 214 Å². The molecule has 10 aromatic carbocycles. The lowest BCUT2D eigenvalue weighted by Gasteiger charge is -2.22. The second-order valence-corrected chi connectivity index (χ2v) is 17.3. The molecule has 0 fully saturated rings. The third kappa shape index (κ3) is 6.09. The first-order valence-corrected chi connectivity index (χ1v) is 21.8. The van der Waals surface area contributed by atoms with E-state index in [9.17, 15) is 0 Å². The van der Waals surface area contributed by atoms with Gasteiger partial charge in [-0.15, -0.1) is 0 Å². The summed E-state index contributed by atoms with van der Waals surface area (Å²) >= 11 is 0. The van der Waals surface area contributed by atoms with Gasteiger partial charge >= 0.3 is 0 Å². The van der Waals surface area contributed by atoms with E-state index >= 15 is 0 Å². The lowest BCUT2D eigenvalue weighted by Crippen LogP contribution is -2.15. The molecule has 296 valence electrons. The maximum Gasteiger partial charge on any atom is 0.160 e. The van der Waals surface area contributed by atoms with Crippen LogP contribution in [0.15, 0.2) is 218 Å². The molecule has 12 rings (SSSR count). The van der Waals surface area contributed by atoms with Crippen molar-refractivity contribution in [3.63, 3.8) is 0 Å². The van der Waals surface area contributed by atoms with Crippen LogP contribution in [0.25, 0.3) is 111 Å². The molecule has 0 atom stereocenters. The predicted octanol–water partition coefficient (Wildman–Crippen LogP) is 16.2. The Morgan fingerprint density at radius 3 is 1.54 bits per heavy atom. The summed E-state index contributed by atoms with van der Waals surface area (Å²) < 4.78 is 0. The van der Waals surface area contributed by atoms with Crippen LogP contribution in [0, 0.1) is 0 Å². The van der Waals surface area contributed by atoms with Crippen LogP contribution in [-0.2, 0) is 5.41 Å². The van der Waals surface area contributed by atoms with Crippen LogP contribution in [0.1, 0.15) is 25.0 Å². The van der Waals surface area contributed by atoms with Gasteiger partial charge in [-0.25, -0.2) is 9.97 Å². The average Bonchev–Trinajstić information content (AvgIpc) is 3.59. The lowest BCUT2D eigenvalue weighted by molar-refractivity contribution is 0.661. The standard InChI is InChI=1S/C61H42N2/c1-61(2)55-35-29-40-18-9-10-23-46(40)59(55)54-30-28-43(37-56(54)61)45-31-32-51(48-25-12-11-24-47(45)48)52-33-34-53(50-27-14-13-26-49(50)52)58-38-57(62-60(63-58)41-19-7-4-8-20-41)44-22-15-21-42(36-44)39-16-5-3-6-17-39/h3-38H,1-2H3. The molecule has 1 aliphatic carbocycles. The summed E-state index contributed by atoms with van der Waals surface area (Å²) in [6.45, 7) is 4.75. The summed E-state index contributed by atoms with van der Waals surface area (Å²) in [6.07, 6.45) is 0.